The molecule has 0 aliphatic heterocycles. The summed E-state index contributed by atoms with van der Waals surface area (Å²) in [5, 5.41) is 3.59. The molecule has 1 N–H and O–H groups in total. The molecule has 0 aliphatic rings. The second kappa shape index (κ2) is 11.5. The third-order valence-corrected chi connectivity index (χ3v) is 6.28. The minimum Gasteiger partial charge on any atom is -0.352 e. The molecule has 0 spiro atoms. The molecule has 2 aromatic rings. The fourth-order valence-corrected chi connectivity index (χ4v) is 3.62. The van der Waals surface area contributed by atoms with E-state index in [0.717, 1.165) is 17.5 Å². The normalized spacial score (nSPS) is 13.3. The molecule has 0 fully saturated rings. The Morgan fingerprint density at radius 1 is 1.03 bits per heavy atom. The first-order valence-corrected chi connectivity index (χ1v) is 11.8. The van der Waals surface area contributed by atoms with Gasteiger partial charge in [-0.3, -0.25) is 9.59 Å². The number of amides is 2. The van der Waals surface area contributed by atoms with E-state index in [4.69, 9.17) is 11.6 Å². The van der Waals surface area contributed by atoms with Crippen molar-refractivity contribution >= 4 is 23.4 Å². The van der Waals surface area contributed by atoms with Crippen molar-refractivity contribution in [2.45, 2.75) is 84.8 Å². The molecule has 0 aliphatic carbocycles. The maximum absolute atomic E-state index is 13.3. The molecule has 0 unspecified atom stereocenters. The molecule has 2 rings (SSSR count). The molecule has 0 saturated carbocycles. The van der Waals surface area contributed by atoms with Crippen molar-refractivity contribution in [2.75, 3.05) is 0 Å². The van der Waals surface area contributed by atoms with Crippen LogP contribution in [0.1, 0.15) is 71.1 Å². The predicted octanol–water partition coefficient (Wildman–Crippen LogP) is 5.90. The highest BCUT2D eigenvalue weighted by Gasteiger charge is 2.27. The topological polar surface area (TPSA) is 49.4 Å². The van der Waals surface area contributed by atoms with Crippen molar-refractivity contribution in [2.24, 2.45) is 0 Å². The van der Waals surface area contributed by atoms with E-state index in [1.54, 1.807) is 17.9 Å². The molecule has 32 heavy (non-hydrogen) atoms. The van der Waals surface area contributed by atoms with Crippen LogP contribution in [0.25, 0.3) is 0 Å². The van der Waals surface area contributed by atoms with Gasteiger partial charge >= 0.3 is 0 Å². The average Bonchev–Trinajstić information content (AvgIpc) is 2.76. The summed E-state index contributed by atoms with van der Waals surface area (Å²) in [5.74, 6) is -0.203. The highest BCUT2D eigenvalue weighted by atomic mass is 35.5. The van der Waals surface area contributed by atoms with Gasteiger partial charge in [-0.1, -0.05) is 81.8 Å². The average molecular weight is 457 g/mol. The van der Waals surface area contributed by atoms with Crippen LogP contribution in [0.2, 0.25) is 5.02 Å². The van der Waals surface area contributed by atoms with E-state index in [0.29, 0.717) is 24.4 Å². The molecule has 2 atom stereocenters. The summed E-state index contributed by atoms with van der Waals surface area (Å²) in [6.45, 7) is 12.6. The molecule has 174 valence electrons. The van der Waals surface area contributed by atoms with Crippen LogP contribution in [0.3, 0.4) is 0 Å². The molecule has 0 saturated heterocycles. The number of carbonyl (C=O) groups is 2. The van der Waals surface area contributed by atoms with Crippen molar-refractivity contribution in [3.8, 4) is 0 Å². The Morgan fingerprint density at radius 3 is 2.22 bits per heavy atom. The number of nitrogens with zero attached hydrogens (tertiary/aromatic N) is 1. The third kappa shape index (κ3) is 7.37. The van der Waals surface area contributed by atoms with Gasteiger partial charge in [0.15, 0.2) is 0 Å². The Balaban J connectivity index is 2.15. The molecule has 5 heteroatoms. The fourth-order valence-electron chi connectivity index (χ4n) is 3.42. The van der Waals surface area contributed by atoms with Crippen molar-refractivity contribution in [3.05, 3.63) is 70.2 Å². The summed E-state index contributed by atoms with van der Waals surface area (Å²) < 4.78 is 0. The lowest BCUT2D eigenvalue weighted by Crippen LogP contribution is -2.49. The zero-order valence-corrected chi connectivity index (χ0v) is 21.0. The molecule has 0 radical (unpaired) electrons. The van der Waals surface area contributed by atoms with Crippen molar-refractivity contribution < 1.29 is 9.59 Å². The second-order valence-corrected chi connectivity index (χ2v) is 9.96. The van der Waals surface area contributed by atoms with Gasteiger partial charge in [-0.2, -0.15) is 0 Å². The lowest BCUT2D eigenvalue weighted by atomic mass is 9.86. The van der Waals surface area contributed by atoms with E-state index in [9.17, 15) is 9.59 Å². The highest BCUT2D eigenvalue weighted by molar-refractivity contribution is 6.31. The van der Waals surface area contributed by atoms with Gasteiger partial charge in [-0.25, -0.2) is 0 Å². The number of carbonyl (C=O) groups excluding carboxylic acids is 2. The summed E-state index contributed by atoms with van der Waals surface area (Å²) in [7, 11) is 0. The molecule has 0 bridgehead atoms. The first-order valence-electron chi connectivity index (χ1n) is 11.5. The Hall–Kier alpha value is -2.33. The van der Waals surface area contributed by atoms with Crippen molar-refractivity contribution in [1.82, 2.24) is 10.2 Å². The number of hydrogen-bond acceptors (Lipinski definition) is 2. The Kier molecular flexibility index (Phi) is 9.33. The summed E-state index contributed by atoms with van der Waals surface area (Å²) in [6.07, 6.45) is 1.80. The van der Waals surface area contributed by atoms with Crippen LogP contribution in [0.4, 0.5) is 0 Å². The Labute approximate surface area is 198 Å². The standard InChI is InChI=1S/C27H37ClN2O2/c1-7-19(2)29-26(32)20(3)30(18-22-10-8-9-11-24(22)28)25(31)17-14-21-12-15-23(16-13-21)27(4,5)6/h8-13,15-16,19-20H,7,14,17-18H2,1-6H3,(H,29,32)/t19-,20-/m1/s1. The quantitative estimate of drug-likeness (QED) is 0.510. The molecule has 0 aromatic heterocycles. The van der Waals surface area contributed by atoms with Crippen molar-refractivity contribution in [3.63, 3.8) is 0 Å². The van der Waals surface area contributed by atoms with E-state index in [1.807, 2.05) is 32.0 Å². The van der Waals surface area contributed by atoms with Crippen LogP contribution < -0.4 is 5.32 Å². The molecule has 2 aromatic carbocycles. The predicted molar refractivity (Wildman–Crippen MR) is 133 cm³/mol. The SMILES string of the molecule is CC[C@@H](C)NC(=O)[C@@H](C)N(Cc1ccccc1Cl)C(=O)CCc1ccc(C(C)(C)C)cc1. The zero-order valence-electron chi connectivity index (χ0n) is 20.2. The molecule has 4 nitrogen and oxygen atoms in total. The first-order chi connectivity index (χ1) is 15.0. The van der Waals surface area contributed by atoms with Crippen LogP contribution >= 0.6 is 11.6 Å². The van der Waals surface area contributed by atoms with Crippen LogP contribution in [0, 0.1) is 0 Å². The summed E-state index contributed by atoms with van der Waals surface area (Å²) in [4.78, 5) is 27.7. The molecule has 2 amide bonds. The summed E-state index contributed by atoms with van der Waals surface area (Å²) >= 11 is 6.35. The largest absolute Gasteiger partial charge is 0.352 e. The van der Waals surface area contributed by atoms with Gasteiger partial charge in [-0.15, -0.1) is 0 Å². The number of nitrogens with one attached hydrogen (secondary N) is 1. The minimum atomic E-state index is -0.587. The lowest BCUT2D eigenvalue weighted by Gasteiger charge is -2.30. The van der Waals surface area contributed by atoms with E-state index in [1.165, 1.54) is 5.56 Å². The fraction of sp³-hybridized carbons (Fsp3) is 0.481. The van der Waals surface area contributed by atoms with E-state index >= 15 is 0 Å². The number of aryl methyl sites for hydroxylation is 1. The van der Waals surface area contributed by atoms with Gasteiger partial charge in [-0.05, 0) is 54.9 Å². The van der Waals surface area contributed by atoms with Gasteiger partial charge in [0, 0.05) is 24.0 Å². The Bertz CT molecular complexity index is 903. The van der Waals surface area contributed by atoms with E-state index in [-0.39, 0.29) is 23.3 Å². The number of hydrogen-bond donors (Lipinski definition) is 1. The van der Waals surface area contributed by atoms with Gasteiger partial charge in [0.1, 0.15) is 6.04 Å². The number of benzene rings is 2. The molecular formula is C27H37ClN2O2. The maximum Gasteiger partial charge on any atom is 0.242 e. The minimum absolute atomic E-state index is 0.0587. The smallest absolute Gasteiger partial charge is 0.242 e. The lowest BCUT2D eigenvalue weighted by molar-refractivity contribution is -0.140. The van der Waals surface area contributed by atoms with Crippen LogP contribution in [-0.2, 0) is 28.0 Å². The van der Waals surface area contributed by atoms with Gasteiger partial charge in [0.05, 0.1) is 0 Å². The highest BCUT2D eigenvalue weighted by Crippen LogP contribution is 2.23. The first kappa shape index (κ1) is 25.9. The van der Waals surface area contributed by atoms with Gasteiger partial charge < -0.3 is 10.2 Å². The van der Waals surface area contributed by atoms with E-state index in [2.05, 4.69) is 50.4 Å². The number of rotatable bonds is 9. The monoisotopic (exact) mass is 456 g/mol. The Morgan fingerprint density at radius 2 is 1.66 bits per heavy atom. The van der Waals surface area contributed by atoms with Crippen LogP contribution in [0.15, 0.2) is 48.5 Å². The summed E-state index contributed by atoms with van der Waals surface area (Å²) in [6, 6.07) is 15.4. The zero-order chi connectivity index (χ0) is 23.9. The summed E-state index contributed by atoms with van der Waals surface area (Å²) in [5.41, 5.74) is 3.31. The third-order valence-electron chi connectivity index (χ3n) is 5.91. The van der Waals surface area contributed by atoms with Gasteiger partial charge in [0.25, 0.3) is 0 Å². The maximum atomic E-state index is 13.3. The van der Waals surface area contributed by atoms with E-state index < -0.39 is 6.04 Å². The molecule has 0 heterocycles. The van der Waals surface area contributed by atoms with Crippen molar-refractivity contribution in [1.29, 1.82) is 0 Å². The van der Waals surface area contributed by atoms with Gasteiger partial charge in [0.2, 0.25) is 11.8 Å². The van der Waals surface area contributed by atoms with Crippen LogP contribution in [-0.4, -0.2) is 28.8 Å². The van der Waals surface area contributed by atoms with Crippen LogP contribution in [0.5, 0.6) is 0 Å². The molecular weight excluding hydrogens is 420 g/mol. The second-order valence-electron chi connectivity index (χ2n) is 9.55. The number of halogens is 1.